The van der Waals surface area contributed by atoms with Gasteiger partial charge in [0.15, 0.2) is 11.6 Å². The number of furan rings is 1. The first-order chi connectivity index (χ1) is 9.19. The summed E-state index contributed by atoms with van der Waals surface area (Å²) in [6, 6.07) is 9.57. The second kappa shape index (κ2) is 4.66. The van der Waals surface area contributed by atoms with Gasteiger partial charge in [-0.25, -0.2) is 4.98 Å². The molecule has 0 aliphatic heterocycles. The van der Waals surface area contributed by atoms with Crippen molar-refractivity contribution in [3.05, 3.63) is 50.9 Å². The van der Waals surface area contributed by atoms with Gasteiger partial charge in [0.1, 0.15) is 10.1 Å². The van der Waals surface area contributed by atoms with E-state index in [4.69, 9.17) is 4.42 Å². The van der Waals surface area contributed by atoms with E-state index < -0.39 is 0 Å². The molecule has 5 heteroatoms. The molecule has 2 aromatic heterocycles. The molecule has 4 nitrogen and oxygen atoms in total. The van der Waals surface area contributed by atoms with Crippen molar-refractivity contribution in [2.45, 2.75) is 13.3 Å². The van der Waals surface area contributed by atoms with Crippen LogP contribution < -0.4 is 5.56 Å². The summed E-state index contributed by atoms with van der Waals surface area (Å²) in [5.74, 6) is 1.03. The van der Waals surface area contributed by atoms with Crippen LogP contribution in [0.2, 0.25) is 0 Å². The molecule has 0 amide bonds. The number of benzene rings is 1. The van der Waals surface area contributed by atoms with Crippen LogP contribution in [0.3, 0.4) is 0 Å². The minimum atomic E-state index is -0.192. The van der Waals surface area contributed by atoms with Crippen LogP contribution in [-0.2, 0) is 6.42 Å². The third-order valence-corrected chi connectivity index (χ3v) is 3.74. The van der Waals surface area contributed by atoms with Crippen molar-refractivity contribution in [3.8, 4) is 11.6 Å². The zero-order valence-electron chi connectivity index (χ0n) is 10.2. The van der Waals surface area contributed by atoms with Gasteiger partial charge in [0.05, 0.1) is 5.69 Å². The highest BCUT2D eigenvalue weighted by atomic mass is 79.9. The van der Waals surface area contributed by atoms with E-state index in [0.717, 1.165) is 16.7 Å². The number of H-pyrrole nitrogens is 1. The first-order valence-corrected chi connectivity index (χ1v) is 6.76. The summed E-state index contributed by atoms with van der Waals surface area (Å²) < 4.78 is 6.18. The molecule has 1 aromatic carbocycles. The van der Waals surface area contributed by atoms with Crippen LogP contribution >= 0.6 is 15.9 Å². The highest BCUT2D eigenvalue weighted by Gasteiger charge is 2.12. The fourth-order valence-corrected chi connectivity index (χ4v) is 2.42. The van der Waals surface area contributed by atoms with Gasteiger partial charge in [0.25, 0.3) is 5.56 Å². The molecular formula is C14H11BrN2O2. The average molecular weight is 319 g/mol. The lowest BCUT2D eigenvalue weighted by Gasteiger charge is -2.02. The first kappa shape index (κ1) is 12.2. The summed E-state index contributed by atoms with van der Waals surface area (Å²) in [6.45, 7) is 1.95. The molecule has 0 bridgehead atoms. The van der Waals surface area contributed by atoms with Crippen LogP contribution in [0.15, 0.2) is 44.0 Å². The molecule has 3 aromatic rings. The summed E-state index contributed by atoms with van der Waals surface area (Å²) in [5.41, 5.74) is 1.31. The van der Waals surface area contributed by atoms with E-state index in [1.165, 1.54) is 0 Å². The highest BCUT2D eigenvalue weighted by Crippen LogP contribution is 2.25. The number of hydrogen-bond acceptors (Lipinski definition) is 3. The second-order valence-corrected chi connectivity index (χ2v) is 4.97. The van der Waals surface area contributed by atoms with Crippen molar-refractivity contribution < 1.29 is 4.42 Å². The van der Waals surface area contributed by atoms with E-state index in [1.54, 1.807) is 0 Å². The normalized spacial score (nSPS) is 11.1. The Hall–Kier alpha value is -1.88. The summed E-state index contributed by atoms with van der Waals surface area (Å²) in [4.78, 5) is 19.0. The number of hydrogen-bond donors (Lipinski definition) is 1. The van der Waals surface area contributed by atoms with Crippen LogP contribution in [0.1, 0.15) is 12.6 Å². The predicted octanol–water partition coefficient (Wildman–Crippen LogP) is 3.51. The lowest BCUT2D eigenvalue weighted by atomic mass is 10.2. The van der Waals surface area contributed by atoms with Crippen LogP contribution in [0.4, 0.5) is 0 Å². The van der Waals surface area contributed by atoms with E-state index in [-0.39, 0.29) is 5.56 Å². The van der Waals surface area contributed by atoms with Gasteiger partial charge in [-0.15, -0.1) is 0 Å². The number of halogens is 1. The summed E-state index contributed by atoms with van der Waals surface area (Å²) in [7, 11) is 0. The van der Waals surface area contributed by atoms with E-state index in [0.29, 0.717) is 22.5 Å². The third-order valence-electron chi connectivity index (χ3n) is 2.93. The third kappa shape index (κ3) is 2.10. The zero-order chi connectivity index (χ0) is 13.4. The van der Waals surface area contributed by atoms with Crippen molar-refractivity contribution in [2.24, 2.45) is 0 Å². The molecular weight excluding hydrogens is 308 g/mol. The Morgan fingerprint density at radius 2 is 2.16 bits per heavy atom. The molecule has 0 radical (unpaired) electrons. The maximum atomic E-state index is 11.8. The Kier molecular flexibility index (Phi) is 2.98. The zero-order valence-corrected chi connectivity index (χ0v) is 11.8. The Morgan fingerprint density at radius 3 is 2.89 bits per heavy atom. The summed E-state index contributed by atoms with van der Waals surface area (Å²) >= 11 is 3.24. The fraction of sp³-hybridized carbons (Fsp3) is 0.143. The summed E-state index contributed by atoms with van der Waals surface area (Å²) in [6.07, 6.45) is 0.678. The molecule has 3 rings (SSSR count). The number of aryl methyl sites for hydroxylation is 1. The number of fused-ring (bicyclic) bond motifs is 1. The molecule has 0 spiro atoms. The van der Waals surface area contributed by atoms with Gasteiger partial charge in [0.2, 0.25) is 0 Å². The summed E-state index contributed by atoms with van der Waals surface area (Å²) in [5, 5.41) is 0.987. The molecule has 0 fully saturated rings. The van der Waals surface area contributed by atoms with E-state index in [1.807, 2.05) is 37.3 Å². The predicted molar refractivity (Wildman–Crippen MR) is 77.1 cm³/mol. The number of rotatable bonds is 2. The van der Waals surface area contributed by atoms with Gasteiger partial charge in [0, 0.05) is 5.39 Å². The minimum Gasteiger partial charge on any atom is -0.453 e. The maximum absolute atomic E-state index is 11.8. The highest BCUT2D eigenvalue weighted by molar-refractivity contribution is 9.10. The van der Waals surface area contributed by atoms with Gasteiger partial charge in [-0.05, 0) is 34.5 Å². The van der Waals surface area contributed by atoms with Gasteiger partial charge >= 0.3 is 0 Å². The van der Waals surface area contributed by atoms with Crippen LogP contribution in [0.5, 0.6) is 0 Å². The Labute approximate surface area is 117 Å². The van der Waals surface area contributed by atoms with Gasteiger partial charge in [-0.3, -0.25) is 4.79 Å². The lowest BCUT2D eigenvalue weighted by Crippen LogP contribution is -2.13. The van der Waals surface area contributed by atoms with Crippen molar-refractivity contribution >= 4 is 26.9 Å². The number of nitrogens with zero attached hydrogens (tertiary/aromatic N) is 1. The molecule has 19 heavy (non-hydrogen) atoms. The van der Waals surface area contributed by atoms with Gasteiger partial charge in [-0.1, -0.05) is 25.1 Å². The molecule has 96 valence electrons. The number of nitrogens with one attached hydrogen (secondary N) is 1. The fourth-order valence-electron chi connectivity index (χ4n) is 1.95. The molecule has 0 aliphatic rings. The molecule has 0 atom stereocenters. The molecule has 2 heterocycles. The second-order valence-electron chi connectivity index (χ2n) is 4.18. The van der Waals surface area contributed by atoms with Crippen molar-refractivity contribution in [2.75, 3.05) is 0 Å². The average Bonchev–Trinajstić information content (AvgIpc) is 2.85. The Morgan fingerprint density at radius 1 is 1.37 bits per heavy atom. The standard InChI is InChI=1S/C14H11BrN2O2/c1-2-9-12(15)14(18)17-13(16-9)11-7-8-5-3-4-6-10(8)19-11/h3-7H,2H2,1H3,(H,16,17,18). The molecule has 0 aliphatic carbocycles. The van der Waals surface area contributed by atoms with E-state index in [9.17, 15) is 4.79 Å². The van der Waals surface area contributed by atoms with Crippen molar-refractivity contribution in [3.63, 3.8) is 0 Å². The Balaban J connectivity index is 2.21. The maximum Gasteiger partial charge on any atom is 0.265 e. The largest absolute Gasteiger partial charge is 0.453 e. The number of aromatic amines is 1. The van der Waals surface area contributed by atoms with E-state index >= 15 is 0 Å². The number of aromatic nitrogens is 2. The molecule has 0 saturated carbocycles. The smallest absolute Gasteiger partial charge is 0.265 e. The lowest BCUT2D eigenvalue weighted by molar-refractivity contribution is 0.623. The first-order valence-electron chi connectivity index (χ1n) is 5.96. The van der Waals surface area contributed by atoms with Gasteiger partial charge < -0.3 is 9.40 Å². The van der Waals surface area contributed by atoms with Crippen LogP contribution in [-0.4, -0.2) is 9.97 Å². The quantitative estimate of drug-likeness (QED) is 0.786. The topological polar surface area (TPSA) is 58.9 Å². The van der Waals surface area contributed by atoms with Crippen LogP contribution in [0, 0.1) is 0 Å². The minimum absolute atomic E-state index is 0.192. The number of para-hydroxylation sites is 1. The van der Waals surface area contributed by atoms with E-state index in [2.05, 4.69) is 25.9 Å². The van der Waals surface area contributed by atoms with Crippen molar-refractivity contribution in [1.29, 1.82) is 0 Å². The van der Waals surface area contributed by atoms with Crippen molar-refractivity contribution in [1.82, 2.24) is 9.97 Å². The molecule has 0 unspecified atom stereocenters. The van der Waals surface area contributed by atoms with Gasteiger partial charge in [-0.2, -0.15) is 0 Å². The SMILES string of the molecule is CCc1nc(-c2cc3ccccc3o2)[nH]c(=O)c1Br. The molecule has 0 saturated heterocycles. The Bertz CT molecular complexity index is 772. The monoisotopic (exact) mass is 318 g/mol. The van der Waals surface area contributed by atoms with Crippen LogP contribution in [0.25, 0.3) is 22.6 Å². The molecule has 1 N–H and O–H groups in total.